The largest absolute Gasteiger partial charge is 0.508 e. The highest BCUT2D eigenvalue weighted by molar-refractivity contribution is 5.97. The molecule has 2 aliphatic rings. The van der Waals surface area contributed by atoms with Gasteiger partial charge in [-0.25, -0.2) is 4.79 Å². The fourth-order valence-corrected chi connectivity index (χ4v) is 5.10. The topological polar surface area (TPSA) is 99.5 Å². The van der Waals surface area contributed by atoms with Gasteiger partial charge in [-0.05, 0) is 109 Å². The lowest BCUT2D eigenvalue weighted by atomic mass is 9.92. The van der Waals surface area contributed by atoms with Gasteiger partial charge >= 0.3 is 6.09 Å². The van der Waals surface area contributed by atoms with Crippen molar-refractivity contribution in [2.45, 2.75) is 97.6 Å². The molecule has 0 aromatic heterocycles. The smallest absolute Gasteiger partial charge is 0.410 e. The summed E-state index contributed by atoms with van der Waals surface area (Å²) in [6.07, 6.45) is 7.55. The van der Waals surface area contributed by atoms with Crippen LogP contribution in [0.5, 0.6) is 5.75 Å². The SMILES string of the molecule is CC(C)(C)OC(=O)N1CCC(CCCO)CC1.CCOCCCC(CC)N1CCc2cc(O)ccc2C1=O. The summed E-state index contributed by atoms with van der Waals surface area (Å²) < 4.78 is 10.7. The number of phenolic OH excluding ortho intramolecular Hbond substituents is 1. The fraction of sp³-hybridized carbons (Fsp3) is 0.733. The van der Waals surface area contributed by atoms with Gasteiger partial charge in [0.2, 0.25) is 0 Å². The number of amides is 2. The average Bonchev–Trinajstić information content (AvgIpc) is 2.88. The number of aliphatic hydroxyl groups excluding tert-OH is 1. The molecule has 2 amide bonds. The van der Waals surface area contributed by atoms with Crippen LogP contribution in [0.4, 0.5) is 4.79 Å². The van der Waals surface area contributed by atoms with Crippen LogP contribution in [0.25, 0.3) is 0 Å². The quantitative estimate of drug-likeness (QED) is 0.391. The maximum Gasteiger partial charge on any atom is 0.410 e. The summed E-state index contributed by atoms with van der Waals surface area (Å²) in [7, 11) is 0. The summed E-state index contributed by atoms with van der Waals surface area (Å²) in [5, 5.41) is 18.3. The minimum Gasteiger partial charge on any atom is -0.508 e. The number of piperidine rings is 1. The van der Waals surface area contributed by atoms with Gasteiger partial charge in [0.15, 0.2) is 0 Å². The molecule has 1 saturated heterocycles. The Morgan fingerprint density at radius 2 is 1.84 bits per heavy atom. The maximum atomic E-state index is 12.6. The standard InChI is InChI=1S/C17H25NO3.C13H25NO3/c1-3-14(6-5-11-21-4-2)18-10-9-13-12-15(19)7-8-16(13)17(18)20;1-13(2,3)17-12(16)14-8-6-11(7-9-14)5-4-10-15/h7-8,12,14,19H,3-6,9-11H2,1-2H3;11,15H,4-10H2,1-3H3. The molecule has 1 fully saturated rings. The highest BCUT2D eigenvalue weighted by Crippen LogP contribution is 2.26. The van der Waals surface area contributed by atoms with E-state index in [0.717, 1.165) is 95.3 Å². The molecule has 38 heavy (non-hydrogen) atoms. The molecule has 1 unspecified atom stereocenters. The Labute approximate surface area is 229 Å². The molecular weight excluding hydrogens is 484 g/mol. The second-order valence-corrected chi connectivity index (χ2v) is 11.3. The Hall–Kier alpha value is -2.32. The number of hydrogen-bond donors (Lipinski definition) is 2. The number of aliphatic hydroxyl groups is 1. The van der Waals surface area contributed by atoms with Crippen LogP contribution < -0.4 is 0 Å². The Morgan fingerprint density at radius 1 is 1.13 bits per heavy atom. The Bertz CT molecular complexity index is 861. The number of phenols is 1. The molecular formula is C30H50N2O6. The minimum absolute atomic E-state index is 0.0968. The molecule has 1 aromatic rings. The highest BCUT2D eigenvalue weighted by Gasteiger charge is 2.29. The van der Waals surface area contributed by atoms with E-state index in [-0.39, 0.29) is 30.4 Å². The summed E-state index contributed by atoms with van der Waals surface area (Å²) in [5.74, 6) is 0.985. The van der Waals surface area contributed by atoms with Crippen molar-refractivity contribution in [2.75, 3.05) is 39.5 Å². The second kappa shape index (κ2) is 15.9. The molecule has 8 nitrogen and oxygen atoms in total. The van der Waals surface area contributed by atoms with Crippen LogP contribution in [0.3, 0.4) is 0 Å². The van der Waals surface area contributed by atoms with E-state index in [4.69, 9.17) is 14.6 Å². The van der Waals surface area contributed by atoms with E-state index in [9.17, 15) is 14.7 Å². The van der Waals surface area contributed by atoms with Crippen LogP contribution >= 0.6 is 0 Å². The molecule has 3 rings (SSSR count). The van der Waals surface area contributed by atoms with Gasteiger partial charge in [-0.1, -0.05) is 6.92 Å². The van der Waals surface area contributed by atoms with E-state index in [1.54, 1.807) is 23.1 Å². The average molecular weight is 535 g/mol. The van der Waals surface area contributed by atoms with Crippen LogP contribution in [0, 0.1) is 5.92 Å². The molecule has 2 N–H and O–H groups in total. The number of likely N-dealkylation sites (tertiary alicyclic amines) is 1. The second-order valence-electron chi connectivity index (χ2n) is 11.3. The van der Waals surface area contributed by atoms with Crippen molar-refractivity contribution >= 4 is 12.0 Å². The molecule has 0 spiro atoms. The van der Waals surface area contributed by atoms with Crippen LogP contribution in [-0.2, 0) is 15.9 Å². The van der Waals surface area contributed by atoms with E-state index in [0.29, 0.717) is 5.92 Å². The van der Waals surface area contributed by atoms with Crippen molar-refractivity contribution in [3.8, 4) is 5.75 Å². The van der Waals surface area contributed by atoms with Gasteiger partial charge in [-0.2, -0.15) is 0 Å². The molecule has 0 radical (unpaired) electrons. The van der Waals surface area contributed by atoms with Crippen molar-refractivity contribution in [1.29, 1.82) is 0 Å². The van der Waals surface area contributed by atoms with Crippen molar-refractivity contribution in [1.82, 2.24) is 9.80 Å². The van der Waals surface area contributed by atoms with Gasteiger partial charge in [0, 0.05) is 51.1 Å². The first kappa shape index (κ1) is 31.9. The Balaban J connectivity index is 0.000000273. The summed E-state index contributed by atoms with van der Waals surface area (Å²) in [6, 6.07) is 5.32. The van der Waals surface area contributed by atoms with Crippen molar-refractivity contribution < 1.29 is 29.3 Å². The predicted molar refractivity (Wildman–Crippen MR) is 150 cm³/mol. The first-order chi connectivity index (χ1) is 18.1. The Kier molecular flexibility index (Phi) is 13.4. The van der Waals surface area contributed by atoms with Crippen molar-refractivity contribution in [3.63, 3.8) is 0 Å². The van der Waals surface area contributed by atoms with E-state index in [1.807, 2.05) is 32.6 Å². The van der Waals surface area contributed by atoms with Crippen molar-refractivity contribution in [2.24, 2.45) is 5.92 Å². The minimum atomic E-state index is -0.412. The number of ether oxygens (including phenoxy) is 2. The fourth-order valence-electron chi connectivity index (χ4n) is 5.10. The van der Waals surface area contributed by atoms with Crippen LogP contribution in [0.1, 0.15) is 95.5 Å². The lowest BCUT2D eigenvalue weighted by Gasteiger charge is -2.35. The summed E-state index contributed by atoms with van der Waals surface area (Å²) in [6.45, 7) is 13.9. The number of fused-ring (bicyclic) bond motifs is 1. The molecule has 0 bridgehead atoms. The van der Waals surface area contributed by atoms with E-state index >= 15 is 0 Å². The summed E-state index contributed by atoms with van der Waals surface area (Å²) in [5.41, 5.74) is 1.29. The molecule has 216 valence electrons. The lowest BCUT2D eigenvalue weighted by molar-refractivity contribution is 0.0178. The van der Waals surface area contributed by atoms with Gasteiger partial charge in [-0.15, -0.1) is 0 Å². The first-order valence-electron chi connectivity index (χ1n) is 14.4. The number of hydrogen-bond acceptors (Lipinski definition) is 6. The highest BCUT2D eigenvalue weighted by atomic mass is 16.6. The van der Waals surface area contributed by atoms with E-state index in [2.05, 4.69) is 6.92 Å². The van der Waals surface area contributed by atoms with E-state index < -0.39 is 5.60 Å². The molecule has 2 aliphatic heterocycles. The van der Waals surface area contributed by atoms with Gasteiger partial charge in [-0.3, -0.25) is 4.79 Å². The van der Waals surface area contributed by atoms with Gasteiger partial charge in [0.1, 0.15) is 11.4 Å². The monoisotopic (exact) mass is 534 g/mol. The molecule has 0 aliphatic carbocycles. The number of rotatable bonds is 10. The molecule has 8 heteroatoms. The number of nitrogens with zero attached hydrogens (tertiary/aromatic N) is 2. The van der Waals surface area contributed by atoms with Gasteiger partial charge in [0.25, 0.3) is 5.91 Å². The zero-order valence-corrected chi connectivity index (χ0v) is 24.2. The summed E-state index contributed by atoms with van der Waals surface area (Å²) in [4.78, 5) is 28.2. The third-order valence-electron chi connectivity index (χ3n) is 7.18. The normalized spacial score (nSPS) is 16.9. The third kappa shape index (κ3) is 10.4. The number of aromatic hydroxyl groups is 1. The van der Waals surface area contributed by atoms with Crippen LogP contribution in [0.2, 0.25) is 0 Å². The molecule has 1 atom stereocenters. The maximum absolute atomic E-state index is 12.6. The number of benzene rings is 1. The number of carbonyl (C=O) groups is 2. The summed E-state index contributed by atoms with van der Waals surface area (Å²) >= 11 is 0. The van der Waals surface area contributed by atoms with Crippen LogP contribution in [-0.4, -0.2) is 83.1 Å². The third-order valence-corrected chi connectivity index (χ3v) is 7.18. The molecule has 1 aromatic carbocycles. The molecule has 2 heterocycles. The van der Waals surface area contributed by atoms with Crippen molar-refractivity contribution in [3.05, 3.63) is 29.3 Å². The van der Waals surface area contributed by atoms with Gasteiger partial charge in [0.05, 0.1) is 0 Å². The number of carbonyl (C=O) groups excluding carboxylic acids is 2. The zero-order chi connectivity index (χ0) is 28.1. The van der Waals surface area contributed by atoms with Crippen LogP contribution in [0.15, 0.2) is 18.2 Å². The predicted octanol–water partition coefficient (Wildman–Crippen LogP) is 5.39. The van der Waals surface area contributed by atoms with Gasteiger partial charge < -0.3 is 29.5 Å². The molecule has 0 saturated carbocycles. The van der Waals surface area contributed by atoms with E-state index in [1.165, 1.54) is 0 Å². The first-order valence-corrected chi connectivity index (χ1v) is 14.4. The lowest BCUT2D eigenvalue weighted by Crippen LogP contribution is -2.44. The zero-order valence-electron chi connectivity index (χ0n) is 24.2. The Morgan fingerprint density at radius 3 is 2.45 bits per heavy atom.